The standard InChI is InChI=1S/C17H21FN2O2/c1-12-11-14(17(21)19-9-6-10-22-3)13(2)20(12)16-8-5-4-7-15(16)18/h4-5,7-8,11H,6,9-10H2,1-3H3,(H,19,21). The third-order valence-electron chi connectivity index (χ3n) is 3.58. The van der Waals surface area contributed by atoms with Crippen LogP contribution in [-0.4, -0.2) is 30.7 Å². The van der Waals surface area contributed by atoms with Crippen molar-refractivity contribution in [2.45, 2.75) is 20.3 Å². The normalized spacial score (nSPS) is 10.7. The quantitative estimate of drug-likeness (QED) is 0.834. The summed E-state index contributed by atoms with van der Waals surface area (Å²) in [6.07, 6.45) is 0.758. The number of carbonyl (C=O) groups excluding carboxylic acids is 1. The van der Waals surface area contributed by atoms with Crippen molar-refractivity contribution in [3.63, 3.8) is 0 Å². The maximum atomic E-state index is 14.0. The number of nitrogens with one attached hydrogen (secondary N) is 1. The molecule has 2 aromatic rings. The zero-order chi connectivity index (χ0) is 16.1. The first-order valence-corrected chi connectivity index (χ1v) is 7.27. The largest absolute Gasteiger partial charge is 0.385 e. The fourth-order valence-electron chi connectivity index (χ4n) is 2.51. The molecule has 1 aromatic heterocycles. The number of hydrogen-bond donors (Lipinski definition) is 1. The van der Waals surface area contributed by atoms with E-state index in [-0.39, 0.29) is 11.7 Å². The van der Waals surface area contributed by atoms with Crippen LogP contribution in [0.2, 0.25) is 0 Å². The molecule has 5 heteroatoms. The molecule has 0 aliphatic rings. The number of carbonyl (C=O) groups is 1. The number of aromatic nitrogens is 1. The first kappa shape index (κ1) is 16.2. The highest BCUT2D eigenvalue weighted by Crippen LogP contribution is 2.22. The minimum atomic E-state index is -0.309. The summed E-state index contributed by atoms with van der Waals surface area (Å²) in [5, 5.41) is 2.86. The van der Waals surface area contributed by atoms with Crippen LogP contribution in [0.3, 0.4) is 0 Å². The Labute approximate surface area is 129 Å². The lowest BCUT2D eigenvalue weighted by Crippen LogP contribution is -2.25. The van der Waals surface area contributed by atoms with Gasteiger partial charge in [-0.15, -0.1) is 0 Å². The molecule has 1 heterocycles. The van der Waals surface area contributed by atoms with E-state index in [1.54, 1.807) is 35.9 Å². The van der Waals surface area contributed by atoms with Crippen LogP contribution < -0.4 is 5.32 Å². The number of benzene rings is 1. The maximum absolute atomic E-state index is 14.0. The Morgan fingerprint density at radius 2 is 2.05 bits per heavy atom. The van der Waals surface area contributed by atoms with E-state index in [2.05, 4.69) is 5.32 Å². The number of nitrogens with zero attached hydrogens (tertiary/aromatic N) is 1. The minimum absolute atomic E-state index is 0.146. The van der Waals surface area contributed by atoms with E-state index < -0.39 is 0 Å². The van der Waals surface area contributed by atoms with E-state index >= 15 is 0 Å². The van der Waals surface area contributed by atoms with Crippen LogP contribution in [0.5, 0.6) is 0 Å². The summed E-state index contributed by atoms with van der Waals surface area (Å²) >= 11 is 0. The topological polar surface area (TPSA) is 43.3 Å². The summed E-state index contributed by atoms with van der Waals surface area (Å²) in [4.78, 5) is 12.3. The predicted molar refractivity (Wildman–Crippen MR) is 84.0 cm³/mol. The molecule has 22 heavy (non-hydrogen) atoms. The molecular formula is C17H21FN2O2. The van der Waals surface area contributed by atoms with Crippen LogP contribution in [0, 0.1) is 19.7 Å². The summed E-state index contributed by atoms with van der Waals surface area (Å²) in [6.45, 7) is 4.84. The van der Waals surface area contributed by atoms with Crippen molar-refractivity contribution in [3.05, 3.63) is 53.1 Å². The van der Waals surface area contributed by atoms with Gasteiger partial charge in [0.25, 0.3) is 5.91 Å². The lowest BCUT2D eigenvalue weighted by Gasteiger charge is -2.11. The number of ether oxygens (including phenoxy) is 1. The van der Waals surface area contributed by atoms with E-state index in [1.165, 1.54) is 6.07 Å². The molecule has 2 rings (SSSR count). The number of amides is 1. The first-order chi connectivity index (χ1) is 10.6. The second-order valence-electron chi connectivity index (χ2n) is 5.17. The molecule has 1 amide bonds. The van der Waals surface area contributed by atoms with Crippen molar-refractivity contribution in [2.75, 3.05) is 20.3 Å². The highest BCUT2D eigenvalue weighted by Gasteiger charge is 2.17. The lowest BCUT2D eigenvalue weighted by atomic mass is 10.2. The molecule has 0 bridgehead atoms. The van der Waals surface area contributed by atoms with E-state index in [4.69, 9.17) is 4.74 Å². The SMILES string of the molecule is COCCCNC(=O)c1cc(C)n(-c2ccccc2F)c1C. The maximum Gasteiger partial charge on any atom is 0.253 e. The van der Waals surface area contributed by atoms with Gasteiger partial charge in [0.1, 0.15) is 5.82 Å². The Balaban J connectivity index is 2.24. The fraction of sp³-hybridized carbons (Fsp3) is 0.353. The molecule has 0 saturated heterocycles. The van der Waals surface area contributed by atoms with Crippen molar-refractivity contribution >= 4 is 5.91 Å². The van der Waals surface area contributed by atoms with Crippen molar-refractivity contribution in [1.82, 2.24) is 9.88 Å². The first-order valence-electron chi connectivity index (χ1n) is 7.27. The van der Waals surface area contributed by atoms with Crippen molar-refractivity contribution in [3.8, 4) is 5.69 Å². The Bertz CT molecular complexity index is 665. The number of halogens is 1. The van der Waals surface area contributed by atoms with Crippen LogP contribution in [0.15, 0.2) is 30.3 Å². The van der Waals surface area contributed by atoms with Gasteiger partial charge < -0.3 is 14.6 Å². The third-order valence-corrected chi connectivity index (χ3v) is 3.58. The van der Waals surface area contributed by atoms with Gasteiger partial charge in [-0.05, 0) is 38.5 Å². The Morgan fingerprint density at radius 1 is 1.32 bits per heavy atom. The van der Waals surface area contributed by atoms with Crippen molar-refractivity contribution < 1.29 is 13.9 Å². The smallest absolute Gasteiger partial charge is 0.253 e. The van der Waals surface area contributed by atoms with E-state index in [0.29, 0.717) is 24.4 Å². The second kappa shape index (κ2) is 7.22. The number of aryl methyl sites for hydroxylation is 1. The zero-order valence-electron chi connectivity index (χ0n) is 13.1. The molecule has 0 saturated carbocycles. The van der Waals surface area contributed by atoms with E-state index in [9.17, 15) is 9.18 Å². The number of hydrogen-bond acceptors (Lipinski definition) is 2. The van der Waals surface area contributed by atoms with Crippen LogP contribution in [0.25, 0.3) is 5.69 Å². The Hall–Kier alpha value is -2.14. The number of methoxy groups -OCH3 is 1. The van der Waals surface area contributed by atoms with Gasteiger partial charge in [-0.25, -0.2) is 4.39 Å². The van der Waals surface area contributed by atoms with Crippen LogP contribution in [0.4, 0.5) is 4.39 Å². The fourth-order valence-corrected chi connectivity index (χ4v) is 2.51. The van der Waals surface area contributed by atoms with Gasteiger partial charge in [0, 0.05) is 31.6 Å². The van der Waals surface area contributed by atoms with Gasteiger partial charge in [0.2, 0.25) is 0 Å². The molecule has 118 valence electrons. The highest BCUT2D eigenvalue weighted by atomic mass is 19.1. The van der Waals surface area contributed by atoms with Crippen LogP contribution in [0.1, 0.15) is 28.2 Å². The number of rotatable bonds is 6. The Morgan fingerprint density at radius 3 is 2.73 bits per heavy atom. The van der Waals surface area contributed by atoms with Gasteiger partial charge in [0.15, 0.2) is 0 Å². The second-order valence-corrected chi connectivity index (χ2v) is 5.17. The molecule has 0 aliphatic carbocycles. The average molecular weight is 304 g/mol. The molecule has 1 N–H and O–H groups in total. The molecular weight excluding hydrogens is 283 g/mol. The molecule has 0 fully saturated rings. The van der Waals surface area contributed by atoms with Gasteiger partial charge in [-0.3, -0.25) is 4.79 Å². The summed E-state index contributed by atoms with van der Waals surface area (Å²) in [7, 11) is 1.63. The van der Waals surface area contributed by atoms with Gasteiger partial charge in [-0.1, -0.05) is 12.1 Å². The van der Waals surface area contributed by atoms with Gasteiger partial charge in [-0.2, -0.15) is 0 Å². The van der Waals surface area contributed by atoms with Gasteiger partial charge in [0.05, 0.1) is 11.3 Å². The van der Waals surface area contributed by atoms with Crippen molar-refractivity contribution in [2.24, 2.45) is 0 Å². The lowest BCUT2D eigenvalue weighted by molar-refractivity contribution is 0.0948. The number of para-hydroxylation sites is 1. The average Bonchev–Trinajstić information content (AvgIpc) is 2.79. The third kappa shape index (κ3) is 3.36. The van der Waals surface area contributed by atoms with Crippen LogP contribution in [-0.2, 0) is 4.74 Å². The molecule has 0 radical (unpaired) electrons. The van der Waals surface area contributed by atoms with E-state index in [1.807, 2.05) is 13.8 Å². The summed E-state index contributed by atoms with van der Waals surface area (Å²) in [6, 6.07) is 8.33. The Kier molecular flexibility index (Phi) is 5.33. The monoisotopic (exact) mass is 304 g/mol. The van der Waals surface area contributed by atoms with Gasteiger partial charge >= 0.3 is 0 Å². The predicted octanol–water partition coefficient (Wildman–Crippen LogP) is 3.00. The molecule has 0 aliphatic heterocycles. The van der Waals surface area contributed by atoms with Crippen LogP contribution >= 0.6 is 0 Å². The molecule has 0 spiro atoms. The summed E-state index contributed by atoms with van der Waals surface area (Å²) < 4.78 is 20.7. The highest BCUT2D eigenvalue weighted by molar-refractivity contribution is 5.95. The minimum Gasteiger partial charge on any atom is -0.385 e. The van der Waals surface area contributed by atoms with Crippen molar-refractivity contribution in [1.29, 1.82) is 0 Å². The molecule has 0 unspecified atom stereocenters. The van der Waals surface area contributed by atoms with E-state index in [0.717, 1.165) is 17.8 Å². The summed E-state index contributed by atoms with van der Waals surface area (Å²) in [5.41, 5.74) is 2.57. The molecule has 1 aromatic carbocycles. The zero-order valence-corrected chi connectivity index (χ0v) is 13.1. The molecule has 4 nitrogen and oxygen atoms in total. The molecule has 0 atom stereocenters. The summed E-state index contributed by atoms with van der Waals surface area (Å²) in [5.74, 6) is -0.455.